The summed E-state index contributed by atoms with van der Waals surface area (Å²) in [7, 11) is 2.00. The second-order valence-electron chi connectivity index (χ2n) is 4.89. The van der Waals surface area contributed by atoms with Gasteiger partial charge in [0.25, 0.3) is 0 Å². The van der Waals surface area contributed by atoms with Crippen molar-refractivity contribution < 1.29 is 0 Å². The average molecular weight is 310 g/mol. The number of halogens is 1. The van der Waals surface area contributed by atoms with E-state index in [9.17, 15) is 0 Å². The van der Waals surface area contributed by atoms with Crippen LogP contribution in [0.25, 0.3) is 10.9 Å². The molecule has 1 N–H and O–H groups in total. The van der Waals surface area contributed by atoms with E-state index in [-0.39, 0.29) is 0 Å². The molecule has 0 saturated heterocycles. The largest absolute Gasteiger partial charge is 0.309 e. The highest BCUT2D eigenvalue weighted by Crippen LogP contribution is 2.17. The van der Waals surface area contributed by atoms with Gasteiger partial charge in [0, 0.05) is 29.8 Å². The predicted octanol–water partition coefficient (Wildman–Crippen LogP) is 3.22. The van der Waals surface area contributed by atoms with Crippen molar-refractivity contribution in [3.05, 3.63) is 30.0 Å². The molecule has 0 fully saturated rings. The summed E-state index contributed by atoms with van der Waals surface area (Å²) >= 11 is 3.59. The number of benzene rings is 1. The third kappa shape index (κ3) is 3.12. The average Bonchev–Trinajstić information content (AvgIpc) is 2.64. The Hall–Kier alpha value is -0.870. The normalized spacial score (nSPS) is 14.9. The fourth-order valence-corrected chi connectivity index (χ4v) is 2.82. The number of aromatic nitrogens is 2. The van der Waals surface area contributed by atoms with E-state index in [0.717, 1.165) is 18.7 Å². The van der Waals surface area contributed by atoms with E-state index in [1.165, 1.54) is 10.9 Å². The van der Waals surface area contributed by atoms with E-state index in [4.69, 9.17) is 0 Å². The molecule has 0 aliphatic rings. The highest BCUT2D eigenvalue weighted by molar-refractivity contribution is 9.09. The number of alkyl halides is 1. The maximum atomic E-state index is 4.58. The van der Waals surface area contributed by atoms with Crippen LogP contribution in [0.2, 0.25) is 0 Å². The number of rotatable bonds is 5. The third-order valence-corrected chi connectivity index (χ3v) is 3.50. The van der Waals surface area contributed by atoms with Crippen molar-refractivity contribution >= 4 is 26.8 Å². The predicted molar refractivity (Wildman–Crippen MR) is 80.0 cm³/mol. The van der Waals surface area contributed by atoms with Gasteiger partial charge in [-0.05, 0) is 19.4 Å². The zero-order valence-electron chi connectivity index (χ0n) is 11.2. The molecule has 2 rings (SSSR count). The number of nitrogens with zero attached hydrogens (tertiary/aromatic N) is 2. The molecule has 1 aromatic carbocycles. The molecule has 0 amide bonds. The number of aryl methyl sites for hydroxylation is 1. The fraction of sp³-hybridized carbons (Fsp3) is 0.500. The summed E-state index contributed by atoms with van der Waals surface area (Å²) in [5.74, 6) is 0. The first-order valence-corrected chi connectivity index (χ1v) is 7.27. The van der Waals surface area contributed by atoms with Gasteiger partial charge in [0.2, 0.25) is 0 Å². The van der Waals surface area contributed by atoms with E-state index in [2.05, 4.69) is 64.5 Å². The molecule has 3 nitrogen and oxygen atoms in total. The molecule has 1 heterocycles. The molecule has 0 radical (unpaired) electrons. The molecule has 0 aliphatic heterocycles. The van der Waals surface area contributed by atoms with Crippen LogP contribution >= 0.6 is 15.9 Å². The van der Waals surface area contributed by atoms with E-state index in [1.807, 2.05) is 11.7 Å². The van der Waals surface area contributed by atoms with Crippen molar-refractivity contribution in [3.63, 3.8) is 0 Å². The summed E-state index contributed by atoms with van der Waals surface area (Å²) in [6, 6.07) is 8.85. The standard InChI is InChI=1S/C14H20BrN3/c1-10(15)8-11(2)16-9-13-12-6-4-5-7-14(12)18(3)17-13/h4-7,10-11,16H,8-9H2,1-3H3. The quantitative estimate of drug-likeness (QED) is 0.859. The van der Waals surface area contributed by atoms with Gasteiger partial charge in [-0.15, -0.1) is 0 Å². The van der Waals surface area contributed by atoms with Gasteiger partial charge in [-0.3, -0.25) is 4.68 Å². The lowest BCUT2D eigenvalue weighted by Gasteiger charge is -2.14. The molecule has 0 saturated carbocycles. The molecule has 2 unspecified atom stereocenters. The molecule has 0 spiro atoms. The minimum absolute atomic E-state index is 0.486. The maximum Gasteiger partial charge on any atom is 0.0841 e. The first-order valence-electron chi connectivity index (χ1n) is 6.36. The van der Waals surface area contributed by atoms with Crippen LogP contribution < -0.4 is 5.32 Å². The summed E-state index contributed by atoms with van der Waals surface area (Å²) < 4.78 is 1.95. The van der Waals surface area contributed by atoms with Gasteiger partial charge in [-0.1, -0.05) is 41.1 Å². The molecule has 2 atom stereocenters. The molecular formula is C14H20BrN3. The molecule has 1 aromatic heterocycles. The van der Waals surface area contributed by atoms with Gasteiger partial charge >= 0.3 is 0 Å². The van der Waals surface area contributed by atoms with Crippen molar-refractivity contribution in [3.8, 4) is 0 Å². The SMILES string of the molecule is CC(Br)CC(C)NCc1nn(C)c2ccccc12. The second-order valence-corrected chi connectivity index (χ2v) is 6.45. The van der Waals surface area contributed by atoms with Crippen molar-refractivity contribution in [1.82, 2.24) is 15.1 Å². The van der Waals surface area contributed by atoms with E-state index < -0.39 is 0 Å². The minimum Gasteiger partial charge on any atom is -0.309 e. The first kappa shape index (κ1) is 13.6. The van der Waals surface area contributed by atoms with Gasteiger partial charge in [-0.25, -0.2) is 0 Å². The van der Waals surface area contributed by atoms with Crippen LogP contribution in [-0.4, -0.2) is 20.6 Å². The summed E-state index contributed by atoms with van der Waals surface area (Å²) in [5.41, 5.74) is 2.32. The Bertz CT molecular complexity index is 519. The van der Waals surface area contributed by atoms with Gasteiger partial charge in [0.1, 0.15) is 0 Å². The van der Waals surface area contributed by atoms with Crippen molar-refractivity contribution in [1.29, 1.82) is 0 Å². The van der Waals surface area contributed by atoms with Gasteiger partial charge in [0.15, 0.2) is 0 Å². The monoisotopic (exact) mass is 309 g/mol. The van der Waals surface area contributed by atoms with Crippen LogP contribution in [0.5, 0.6) is 0 Å². The third-order valence-electron chi connectivity index (χ3n) is 3.13. The molecule has 4 heteroatoms. The zero-order chi connectivity index (χ0) is 13.1. The van der Waals surface area contributed by atoms with Crippen LogP contribution in [0.1, 0.15) is 26.0 Å². The topological polar surface area (TPSA) is 29.9 Å². The Morgan fingerprint density at radius 2 is 2.06 bits per heavy atom. The number of para-hydroxylation sites is 1. The van der Waals surface area contributed by atoms with Crippen LogP contribution in [0, 0.1) is 0 Å². The van der Waals surface area contributed by atoms with Crippen molar-refractivity contribution in [2.24, 2.45) is 7.05 Å². The lowest BCUT2D eigenvalue weighted by Crippen LogP contribution is -2.27. The van der Waals surface area contributed by atoms with Gasteiger partial charge in [-0.2, -0.15) is 5.10 Å². The summed E-state index contributed by atoms with van der Waals surface area (Å²) in [6.45, 7) is 5.21. The highest BCUT2D eigenvalue weighted by atomic mass is 79.9. The van der Waals surface area contributed by atoms with Crippen molar-refractivity contribution in [2.45, 2.75) is 37.7 Å². The zero-order valence-corrected chi connectivity index (χ0v) is 12.7. The van der Waals surface area contributed by atoms with E-state index >= 15 is 0 Å². The van der Waals surface area contributed by atoms with Crippen LogP contribution in [-0.2, 0) is 13.6 Å². The van der Waals surface area contributed by atoms with Crippen LogP contribution in [0.15, 0.2) is 24.3 Å². The maximum absolute atomic E-state index is 4.58. The number of fused-ring (bicyclic) bond motifs is 1. The molecule has 0 bridgehead atoms. The Kier molecular flexibility index (Phi) is 4.40. The van der Waals surface area contributed by atoms with E-state index in [0.29, 0.717) is 10.9 Å². The smallest absolute Gasteiger partial charge is 0.0841 e. The molecule has 0 aliphatic carbocycles. The molecular weight excluding hydrogens is 290 g/mol. The van der Waals surface area contributed by atoms with Gasteiger partial charge < -0.3 is 5.32 Å². The molecule has 98 valence electrons. The number of hydrogen-bond donors (Lipinski definition) is 1. The summed E-state index contributed by atoms with van der Waals surface area (Å²) in [4.78, 5) is 0.542. The Balaban J connectivity index is 2.08. The second kappa shape index (κ2) is 5.85. The summed E-state index contributed by atoms with van der Waals surface area (Å²) in [6.07, 6.45) is 1.12. The van der Waals surface area contributed by atoms with E-state index in [1.54, 1.807) is 0 Å². The van der Waals surface area contributed by atoms with Gasteiger partial charge in [0.05, 0.1) is 11.2 Å². The number of hydrogen-bond acceptors (Lipinski definition) is 2. The summed E-state index contributed by atoms with van der Waals surface area (Å²) in [5, 5.41) is 9.36. The lowest BCUT2D eigenvalue weighted by atomic mass is 10.1. The Morgan fingerprint density at radius 1 is 1.33 bits per heavy atom. The van der Waals surface area contributed by atoms with Crippen LogP contribution in [0.3, 0.4) is 0 Å². The fourth-order valence-electron chi connectivity index (χ4n) is 2.26. The number of nitrogens with one attached hydrogen (secondary N) is 1. The Morgan fingerprint density at radius 3 is 2.78 bits per heavy atom. The lowest BCUT2D eigenvalue weighted by molar-refractivity contribution is 0.510. The molecule has 2 aromatic rings. The first-order chi connectivity index (χ1) is 8.58. The Labute approximate surface area is 117 Å². The highest BCUT2D eigenvalue weighted by Gasteiger charge is 2.10. The molecule has 18 heavy (non-hydrogen) atoms. The minimum atomic E-state index is 0.486. The van der Waals surface area contributed by atoms with Crippen LogP contribution in [0.4, 0.5) is 0 Å². The van der Waals surface area contributed by atoms with Crippen molar-refractivity contribution in [2.75, 3.05) is 0 Å².